The summed E-state index contributed by atoms with van der Waals surface area (Å²) in [5.74, 6) is 0.891. The summed E-state index contributed by atoms with van der Waals surface area (Å²) in [6, 6.07) is 8.59. The summed E-state index contributed by atoms with van der Waals surface area (Å²) in [6.07, 6.45) is 2.87. The van der Waals surface area contributed by atoms with Crippen molar-refractivity contribution in [3.8, 4) is 5.75 Å². The van der Waals surface area contributed by atoms with Crippen molar-refractivity contribution in [2.24, 2.45) is 5.73 Å². The van der Waals surface area contributed by atoms with Crippen molar-refractivity contribution in [1.82, 2.24) is 4.90 Å². The number of nitrogens with zero attached hydrogens (tertiary/aromatic N) is 1. The lowest BCUT2D eigenvalue weighted by Crippen LogP contribution is -2.38. The van der Waals surface area contributed by atoms with Crippen LogP contribution in [0.25, 0.3) is 0 Å². The van der Waals surface area contributed by atoms with Crippen molar-refractivity contribution in [2.75, 3.05) is 33.4 Å². The maximum Gasteiger partial charge on any atom is 0.119 e. The van der Waals surface area contributed by atoms with E-state index in [1.165, 1.54) is 0 Å². The van der Waals surface area contributed by atoms with E-state index in [-0.39, 0.29) is 0 Å². The highest BCUT2D eigenvalue weighted by Gasteiger charge is 2.17. The molecule has 0 radical (unpaired) electrons. The molecular formula is C16H24N2O2S. The van der Waals surface area contributed by atoms with Gasteiger partial charge in [-0.25, -0.2) is 0 Å². The fraction of sp³-hybridized carbons (Fsp3) is 0.562. The van der Waals surface area contributed by atoms with Gasteiger partial charge >= 0.3 is 0 Å². The lowest BCUT2D eigenvalue weighted by Gasteiger charge is -2.31. The first kappa shape index (κ1) is 16.2. The Morgan fingerprint density at radius 3 is 2.62 bits per heavy atom. The van der Waals surface area contributed by atoms with E-state index in [2.05, 4.69) is 11.9 Å². The molecule has 0 amide bonds. The van der Waals surface area contributed by atoms with Crippen LogP contribution in [0.3, 0.4) is 0 Å². The van der Waals surface area contributed by atoms with E-state index in [0.717, 1.165) is 43.9 Å². The number of benzene rings is 1. The number of hydrogen-bond donors (Lipinski definition) is 1. The molecule has 116 valence electrons. The van der Waals surface area contributed by atoms with Crippen molar-refractivity contribution in [2.45, 2.75) is 25.3 Å². The molecule has 1 aromatic carbocycles. The molecule has 1 saturated heterocycles. The molecule has 4 nitrogen and oxygen atoms in total. The van der Waals surface area contributed by atoms with E-state index in [4.69, 9.17) is 27.4 Å². The van der Waals surface area contributed by atoms with Crippen molar-refractivity contribution in [3.63, 3.8) is 0 Å². The van der Waals surface area contributed by atoms with Crippen LogP contribution >= 0.6 is 12.2 Å². The molecule has 0 saturated carbocycles. The lowest BCUT2D eigenvalue weighted by molar-refractivity contribution is 0.0392. The monoisotopic (exact) mass is 308 g/mol. The first-order chi connectivity index (χ1) is 10.1. The third-order valence-corrected chi connectivity index (χ3v) is 3.97. The Labute approximate surface area is 132 Å². The van der Waals surface area contributed by atoms with Crippen LogP contribution < -0.4 is 10.5 Å². The third kappa shape index (κ3) is 5.61. The highest BCUT2D eigenvalue weighted by Crippen LogP contribution is 2.14. The van der Waals surface area contributed by atoms with Gasteiger partial charge in [-0.15, -0.1) is 0 Å². The zero-order valence-electron chi connectivity index (χ0n) is 12.6. The number of hydrogen-bond acceptors (Lipinski definition) is 4. The van der Waals surface area contributed by atoms with Crippen LogP contribution in [0.2, 0.25) is 0 Å². The maximum atomic E-state index is 5.79. The van der Waals surface area contributed by atoms with Crippen LogP contribution in [0.15, 0.2) is 24.3 Å². The number of rotatable bonds is 7. The second-order valence-electron chi connectivity index (χ2n) is 5.46. The van der Waals surface area contributed by atoms with Crippen molar-refractivity contribution in [3.05, 3.63) is 29.8 Å². The Bertz CT molecular complexity index is 444. The van der Waals surface area contributed by atoms with Crippen molar-refractivity contribution >= 4 is 17.2 Å². The van der Waals surface area contributed by atoms with Gasteiger partial charge in [0.05, 0.1) is 4.99 Å². The fourth-order valence-electron chi connectivity index (χ4n) is 2.52. The second kappa shape index (κ2) is 8.32. The number of thiocarbonyl (C=S) groups is 1. The summed E-state index contributed by atoms with van der Waals surface area (Å²) in [7, 11) is 2.16. The zero-order chi connectivity index (χ0) is 15.1. The van der Waals surface area contributed by atoms with Crippen LogP contribution in [-0.2, 0) is 11.2 Å². The SMILES string of the molecule is CN(CCOc1ccc(CC(N)=S)cc1)C1CCOCC1. The van der Waals surface area contributed by atoms with Gasteiger partial charge in [0.25, 0.3) is 0 Å². The molecule has 1 heterocycles. The molecule has 5 heteroatoms. The minimum absolute atomic E-state index is 0.516. The molecule has 0 aliphatic carbocycles. The predicted molar refractivity (Wildman–Crippen MR) is 88.9 cm³/mol. The average Bonchev–Trinajstić information content (AvgIpc) is 2.49. The number of nitrogens with two attached hydrogens (primary N) is 1. The highest BCUT2D eigenvalue weighted by molar-refractivity contribution is 7.80. The first-order valence-corrected chi connectivity index (χ1v) is 7.84. The normalized spacial score (nSPS) is 16.1. The fourth-order valence-corrected chi connectivity index (χ4v) is 2.69. The van der Waals surface area contributed by atoms with E-state index in [9.17, 15) is 0 Å². The van der Waals surface area contributed by atoms with Gasteiger partial charge in [0, 0.05) is 32.2 Å². The summed E-state index contributed by atoms with van der Waals surface area (Å²) in [5.41, 5.74) is 6.65. The number of likely N-dealkylation sites (N-methyl/N-ethyl adjacent to an activating group) is 1. The van der Waals surface area contributed by atoms with Gasteiger partial charge in [0.15, 0.2) is 0 Å². The molecular weight excluding hydrogens is 284 g/mol. The Kier molecular flexibility index (Phi) is 6.42. The van der Waals surface area contributed by atoms with Gasteiger partial charge in [-0.1, -0.05) is 24.4 Å². The molecule has 1 aromatic rings. The van der Waals surface area contributed by atoms with Crippen LogP contribution in [-0.4, -0.2) is 49.3 Å². The predicted octanol–water partition coefficient (Wildman–Crippen LogP) is 2.00. The summed E-state index contributed by atoms with van der Waals surface area (Å²) >= 11 is 4.90. The van der Waals surface area contributed by atoms with Crippen LogP contribution in [0, 0.1) is 0 Å². The summed E-state index contributed by atoms with van der Waals surface area (Å²) < 4.78 is 11.2. The number of ether oxygens (including phenoxy) is 2. The molecule has 1 aliphatic rings. The summed E-state index contributed by atoms with van der Waals surface area (Å²) in [5, 5.41) is 0. The Hall–Kier alpha value is -1.17. The molecule has 1 aliphatic heterocycles. The second-order valence-corrected chi connectivity index (χ2v) is 5.98. The topological polar surface area (TPSA) is 47.7 Å². The van der Waals surface area contributed by atoms with Gasteiger partial charge < -0.3 is 15.2 Å². The van der Waals surface area contributed by atoms with Gasteiger partial charge in [-0.3, -0.25) is 4.90 Å². The van der Waals surface area contributed by atoms with Gasteiger partial charge in [-0.2, -0.15) is 0 Å². The first-order valence-electron chi connectivity index (χ1n) is 7.43. The van der Waals surface area contributed by atoms with Gasteiger partial charge in [0.2, 0.25) is 0 Å². The molecule has 2 N–H and O–H groups in total. The largest absolute Gasteiger partial charge is 0.492 e. The van der Waals surface area contributed by atoms with Crippen molar-refractivity contribution < 1.29 is 9.47 Å². The van der Waals surface area contributed by atoms with E-state index >= 15 is 0 Å². The smallest absolute Gasteiger partial charge is 0.119 e. The van der Waals surface area contributed by atoms with E-state index in [1.54, 1.807) is 0 Å². The Balaban J connectivity index is 1.71. The van der Waals surface area contributed by atoms with Gasteiger partial charge in [0.1, 0.15) is 12.4 Å². The van der Waals surface area contributed by atoms with Crippen LogP contribution in [0.1, 0.15) is 18.4 Å². The average molecular weight is 308 g/mol. The molecule has 2 rings (SSSR count). The minimum Gasteiger partial charge on any atom is -0.492 e. The molecule has 0 aromatic heterocycles. The van der Waals surface area contributed by atoms with E-state index in [0.29, 0.717) is 24.1 Å². The Morgan fingerprint density at radius 1 is 1.33 bits per heavy atom. The third-order valence-electron chi connectivity index (χ3n) is 3.83. The minimum atomic E-state index is 0.516. The van der Waals surface area contributed by atoms with E-state index < -0.39 is 0 Å². The van der Waals surface area contributed by atoms with Crippen LogP contribution in [0.5, 0.6) is 5.75 Å². The van der Waals surface area contributed by atoms with Crippen LogP contribution in [0.4, 0.5) is 0 Å². The summed E-state index contributed by atoms with van der Waals surface area (Å²) in [4.78, 5) is 2.88. The molecule has 0 bridgehead atoms. The summed E-state index contributed by atoms with van der Waals surface area (Å²) in [6.45, 7) is 3.38. The molecule has 0 unspecified atom stereocenters. The van der Waals surface area contributed by atoms with E-state index in [1.807, 2.05) is 24.3 Å². The Morgan fingerprint density at radius 2 is 2.00 bits per heavy atom. The molecule has 0 atom stereocenters. The molecule has 1 fully saturated rings. The van der Waals surface area contributed by atoms with Crippen molar-refractivity contribution in [1.29, 1.82) is 0 Å². The molecule has 21 heavy (non-hydrogen) atoms. The zero-order valence-corrected chi connectivity index (χ0v) is 13.4. The molecule has 0 spiro atoms. The highest BCUT2D eigenvalue weighted by atomic mass is 32.1. The van der Waals surface area contributed by atoms with Gasteiger partial charge in [-0.05, 0) is 37.6 Å². The maximum absolute atomic E-state index is 5.79. The standard InChI is InChI=1S/C16H24N2O2S/c1-18(14-6-9-19-10-7-14)8-11-20-15-4-2-13(3-5-15)12-16(17)21/h2-5,14H,6-12H2,1H3,(H2,17,21). The quantitative estimate of drug-likeness (QED) is 0.781. The lowest BCUT2D eigenvalue weighted by atomic mass is 10.1.